The summed E-state index contributed by atoms with van der Waals surface area (Å²) >= 11 is 0. The second-order valence-corrected chi connectivity index (χ2v) is 6.22. The molecule has 0 unspecified atom stereocenters. The van der Waals surface area contributed by atoms with Gasteiger partial charge >= 0.3 is 0 Å². The highest BCUT2D eigenvalue weighted by Crippen LogP contribution is 2.21. The van der Waals surface area contributed by atoms with E-state index < -0.39 is 0 Å². The minimum atomic E-state index is -0.204. The van der Waals surface area contributed by atoms with Gasteiger partial charge in [0.05, 0.1) is 12.6 Å². The van der Waals surface area contributed by atoms with Gasteiger partial charge in [-0.05, 0) is 23.8 Å². The molecular formula is C20H19N5O. The van der Waals surface area contributed by atoms with Crippen LogP contribution in [0.25, 0.3) is 10.9 Å². The van der Waals surface area contributed by atoms with E-state index in [1.165, 1.54) is 6.33 Å². The summed E-state index contributed by atoms with van der Waals surface area (Å²) in [5, 5.41) is 8.26. The summed E-state index contributed by atoms with van der Waals surface area (Å²) in [6.45, 7) is 0.514. The second kappa shape index (κ2) is 6.84. The van der Waals surface area contributed by atoms with Crippen molar-refractivity contribution in [2.24, 2.45) is 7.05 Å². The minimum Gasteiger partial charge on any atom is -0.351 e. The monoisotopic (exact) mass is 345 g/mol. The van der Waals surface area contributed by atoms with Gasteiger partial charge in [0.2, 0.25) is 0 Å². The molecule has 6 heteroatoms. The van der Waals surface area contributed by atoms with Crippen molar-refractivity contribution < 1.29 is 4.79 Å². The molecule has 4 aromatic rings. The lowest BCUT2D eigenvalue weighted by Crippen LogP contribution is -2.31. The Morgan fingerprint density at radius 3 is 2.73 bits per heavy atom. The molecule has 26 heavy (non-hydrogen) atoms. The normalized spacial score (nSPS) is 12.2. The molecular weight excluding hydrogens is 326 g/mol. The first-order chi connectivity index (χ1) is 12.7. The molecule has 0 saturated carbocycles. The van der Waals surface area contributed by atoms with Crippen LogP contribution in [0.2, 0.25) is 0 Å². The van der Waals surface area contributed by atoms with Gasteiger partial charge in [0.1, 0.15) is 12.7 Å². The Kier molecular flexibility index (Phi) is 4.23. The van der Waals surface area contributed by atoms with Gasteiger partial charge in [-0.1, -0.05) is 36.4 Å². The lowest BCUT2D eigenvalue weighted by atomic mass is 10.0. The van der Waals surface area contributed by atoms with E-state index in [-0.39, 0.29) is 11.9 Å². The van der Waals surface area contributed by atoms with Gasteiger partial charge in [-0.25, -0.2) is 4.98 Å². The first kappa shape index (κ1) is 16.1. The standard InChI is InChI=1S/C20H19N5O/c1-24-11-10-16-17(8-5-9-19(16)24)20(26)23-18(12-25-14-21-13-22-25)15-6-3-2-4-7-15/h2-11,13-14,18H,12H2,1H3,(H,23,26)/t18-/m0/s1. The second-order valence-electron chi connectivity index (χ2n) is 6.22. The topological polar surface area (TPSA) is 64.7 Å². The van der Waals surface area contributed by atoms with Crippen LogP contribution >= 0.6 is 0 Å². The molecule has 2 aromatic heterocycles. The van der Waals surface area contributed by atoms with Crippen LogP contribution in [-0.2, 0) is 13.6 Å². The van der Waals surface area contributed by atoms with E-state index in [2.05, 4.69) is 15.4 Å². The third kappa shape index (κ3) is 3.09. The van der Waals surface area contributed by atoms with Crippen LogP contribution in [0.15, 0.2) is 73.4 Å². The highest BCUT2D eigenvalue weighted by Gasteiger charge is 2.18. The maximum atomic E-state index is 13.0. The smallest absolute Gasteiger partial charge is 0.252 e. The van der Waals surface area contributed by atoms with E-state index in [0.29, 0.717) is 12.1 Å². The van der Waals surface area contributed by atoms with Crippen molar-refractivity contribution in [3.63, 3.8) is 0 Å². The first-order valence-corrected chi connectivity index (χ1v) is 8.44. The number of fused-ring (bicyclic) bond motifs is 1. The zero-order chi connectivity index (χ0) is 17.9. The van der Waals surface area contributed by atoms with Crippen molar-refractivity contribution >= 4 is 16.8 Å². The number of carbonyl (C=O) groups is 1. The molecule has 0 bridgehead atoms. The molecule has 130 valence electrons. The summed E-state index contributed by atoms with van der Waals surface area (Å²) in [7, 11) is 1.97. The maximum absolute atomic E-state index is 13.0. The van der Waals surface area contributed by atoms with Gasteiger partial charge < -0.3 is 9.88 Å². The number of hydrogen-bond acceptors (Lipinski definition) is 3. The number of aryl methyl sites for hydroxylation is 1. The molecule has 1 N–H and O–H groups in total. The van der Waals surface area contributed by atoms with Crippen LogP contribution in [-0.4, -0.2) is 25.2 Å². The average Bonchev–Trinajstić information content (AvgIpc) is 3.32. The lowest BCUT2D eigenvalue weighted by Gasteiger charge is -2.19. The van der Waals surface area contributed by atoms with Crippen molar-refractivity contribution in [2.45, 2.75) is 12.6 Å². The van der Waals surface area contributed by atoms with E-state index in [1.54, 1.807) is 11.0 Å². The van der Waals surface area contributed by atoms with E-state index in [0.717, 1.165) is 16.5 Å². The lowest BCUT2D eigenvalue weighted by molar-refractivity contribution is 0.0933. The first-order valence-electron chi connectivity index (χ1n) is 8.44. The molecule has 0 aliphatic carbocycles. The van der Waals surface area contributed by atoms with Gasteiger partial charge in [-0.2, -0.15) is 5.10 Å². The molecule has 0 radical (unpaired) electrons. The molecule has 2 heterocycles. The molecule has 0 aliphatic heterocycles. The zero-order valence-corrected chi connectivity index (χ0v) is 14.4. The Hall–Kier alpha value is -3.41. The van der Waals surface area contributed by atoms with Crippen LogP contribution in [0.4, 0.5) is 0 Å². The molecule has 2 aromatic carbocycles. The molecule has 0 aliphatic rings. The van der Waals surface area contributed by atoms with Crippen LogP contribution in [0, 0.1) is 0 Å². The van der Waals surface area contributed by atoms with Crippen LogP contribution in [0.3, 0.4) is 0 Å². The highest BCUT2D eigenvalue weighted by molar-refractivity contribution is 6.06. The Bertz CT molecular complexity index is 1020. The summed E-state index contributed by atoms with van der Waals surface area (Å²) in [6, 6.07) is 17.4. The number of nitrogens with zero attached hydrogens (tertiary/aromatic N) is 4. The fraction of sp³-hybridized carbons (Fsp3) is 0.150. The van der Waals surface area contributed by atoms with Crippen molar-refractivity contribution in [3.05, 3.63) is 84.6 Å². The fourth-order valence-corrected chi connectivity index (χ4v) is 3.17. The van der Waals surface area contributed by atoms with E-state index in [9.17, 15) is 4.79 Å². The van der Waals surface area contributed by atoms with Gasteiger partial charge in [0.15, 0.2) is 0 Å². The number of aromatic nitrogens is 4. The fourth-order valence-electron chi connectivity index (χ4n) is 3.17. The molecule has 6 nitrogen and oxygen atoms in total. The largest absolute Gasteiger partial charge is 0.351 e. The highest BCUT2D eigenvalue weighted by atomic mass is 16.1. The van der Waals surface area contributed by atoms with Gasteiger partial charge in [0, 0.05) is 29.7 Å². The molecule has 0 saturated heterocycles. The predicted molar refractivity (Wildman–Crippen MR) is 99.6 cm³/mol. The minimum absolute atomic E-state index is 0.101. The van der Waals surface area contributed by atoms with E-state index >= 15 is 0 Å². The third-order valence-corrected chi connectivity index (χ3v) is 4.52. The number of benzene rings is 2. The van der Waals surface area contributed by atoms with Gasteiger partial charge in [-0.15, -0.1) is 0 Å². The van der Waals surface area contributed by atoms with Crippen LogP contribution < -0.4 is 5.32 Å². The Morgan fingerprint density at radius 2 is 1.96 bits per heavy atom. The van der Waals surface area contributed by atoms with Gasteiger partial charge in [-0.3, -0.25) is 9.48 Å². The summed E-state index contributed by atoms with van der Waals surface area (Å²) in [6.07, 6.45) is 5.11. The summed E-state index contributed by atoms with van der Waals surface area (Å²) in [5.74, 6) is -0.101. The van der Waals surface area contributed by atoms with E-state index in [1.807, 2.05) is 72.4 Å². The summed E-state index contributed by atoms with van der Waals surface area (Å²) in [4.78, 5) is 17.0. The number of carbonyl (C=O) groups excluding carboxylic acids is 1. The van der Waals surface area contributed by atoms with Crippen molar-refractivity contribution in [3.8, 4) is 0 Å². The zero-order valence-electron chi connectivity index (χ0n) is 14.4. The maximum Gasteiger partial charge on any atom is 0.252 e. The number of rotatable bonds is 5. The Morgan fingerprint density at radius 1 is 1.12 bits per heavy atom. The number of nitrogens with one attached hydrogen (secondary N) is 1. The van der Waals surface area contributed by atoms with Crippen molar-refractivity contribution in [2.75, 3.05) is 0 Å². The predicted octanol–water partition coefficient (Wildman–Crippen LogP) is 2.94. The molecule has 1 amide bonds. The molecule has 0 fully saturated rings. The average molecular weight is 345 g/mol. The van der Waals surface area contributed by atoms with Gasteiger partial charge in [0.25, 0.3) is 5.91 Å². The van der Waals surface area contributed by atoms with Crippen LogP contribution in [0.1, 0.15) is 22.0 Å². The SMILES string of the molecule is Cn1ccc2c(C(=O)N[C@@H](Cn3cncn3)c3ccccc3)cccc21. The molecule has 1 atom stereocenters. The third-order valence-electron chi connectivity index (χ3n) is 4.52. The van der Waals surface area contributed by atoms with E-state index in [4.69, 9.17) is 0 Å². The Balaban J connectivity index is 1.65. The van der Waals surface area contributed by atoms with Crippen LogP contribution in [0.5, 0.6) is 0 Å². The quantitative estimate of drug-likeness (QED) is 0.605. The summed E-state index contributed by atoms with van der Waals surface area (Å²) < 4.78 is 3.73. The Labute approximate surface area is 151 Å². The molecule has 0 spiro atoms. The number of hydrogen-bond donors (Lipinski definition) is 1. The number of amides is 1. The van der Waals surface area contributed by atoms with Crippen molar-refractivity contribution in [1.29, 1.82) is 0 Å². The molecule has 4 rings (SSSR count). The van der Waals surface area contributed by atoms with Crippen molar-refractivity contribution in [1.82, 2.24) is 24.6 Å². The summed E-state index contributed by atoms with van der Waals surface area (Å²) in [5.41, 5.74) is 2.73.